The summed E-state index contributed by atoms with van der Waals surface area (Å²) in [6, 6.07) is 2.30. The highest BCUT2D eigenvalue weighted by atomic mass is 16.5. The number of rotatable bonds is 5. The molecule has 1 aromatic rings. The summed E-state index contributed by atoms with van der Waals surface area (Å²) < 4.78 is 9.90. The third-order valence-electron chi connectivity index (χ3n) is 2.32. The van der Waals surface area contributed by atoms with Crippen LogP contribution in [0, 0.1) is 0 Å². The van der Waals surface area contributed by atoms with Gasteiger partial charge in [0.05, 0.1) is 20.6 Å². The topological polar surface area (TPSA) is 102 Å². The number of hydrogen-bond acceptors (Lipinski definition) is 5. The van der Waals surface area contributed by atoms with Gasteiger partial charge < -0.3 is 25.4 Å². The molecule has 4 N–H and O–H groups in total. The monoisotopic (exact) mass is 241 g/mol. The van der Waals surface area contributed by atoms with E-state index in [1.165, 1.54) is 26.4 Å². The molecule has 0 saturated carbocycles. The Bertz CT molecular complexity index is 393. The molecule has 0 saturated heterocycles. The molecule has 17 heavy (non-hydrogen) atoms. The van der Waals surface area contributed by atoms with Gasteiger partial charge in [-0.2, -0.15) is 0 Å². The van der Waals surface area contributed by atoms with E-state index in [9.17, 15) is 9.90 Å². The van der Waals surface area contributed by atoms with Crippen molar-refractivity contribution in [3.05, 3.63) is 17.7 Å². The number of ether oxygens (including phenoxy) is 2. The second-order valence-electron chi connectivity index (χ2n) is 3.48. The van der Waals surface area contributed by atoms with Crippen LogP contribution in [0.2, 0.25) is 0 Å². The lowest BCUT2D eigenvalue weighted by Crippen LogP contribution is -2.15. The number of carboxylic acid groups (broad SMARTS) is 1. The van der Waals surface area contributed by atoms with Crippen molar-refractivity contribution in [2.24, 2.45) is 5.73 Å². The molecule has 6 heteroatoms. The minimum Gasteiger partial charge on any atom is -0.502 e. The first kappa shape index (κ1) is 13.1. The summed E-state index contributed by atoms with van der Waals surface area (Å²) in [5.41, 5.74) is 6.25. The van der Waals surface area contributed by atoms with E-state index in [2.05, 4.69) is 0 Å². The van der Waals surface area contributed by atoms with Crippen LogP contribution in [-0.4, -0.2) is 30.4 Å². The van der Waals surface area contributed by atoms with Crippen molar-refractivity contribution in [3.63, 3.8) is 0 Å². The molecule has 0 fully saturated rings. The van der Waals surface area contributed by atoms with Crippen molar-refractivity contribution in [1.29, 1.82) is 0 Å². The predicted octanol–water partition coefficient (Wildman–Crippen LogP) is 0.884. The zero-order valence-electron chi connectivity index (χ0n) is 9.64. The number of phenolic OH excluding ortho intramolecular Hbond substituents is 1. The normalized spacial score (nSPS) is 11.9. The smallest absolute Gasteiger partial charge is 0.305 e. The highest BCUT2D eigenvalue weighted by Crippen LogP contribution is 2.38. The Morgan fingerprint density at radius 1 is 1.35 bits per heavy atom. The molecule has 0 radical (unpaired) electrons. The van der Waals surface area contributed by atoms with E-state index in [0.29, 0.717) is 5.56 Å². The average Bonchev–Trinajstić information content (AvgIpc) is 2.28. The summed E-state index contributed by atoms with van der Waals surface area (Å²) in [6.07, 6.45) is -0.211. The lowest BCUT2D eigenvalue weighted by Gasteiger charge is -2.14. The standard InChI is InChI=1S/C11H15NO5/c1-16-8-3-6(7(12)5-10(13)14)4-9(17-2)11(8)15/h3-4,7,15H,5,12H2,1-2H3,(H,13,14)/t7-/m0/s1. The molecule has 1 atom stereocenters. The van der Waals surface area contributed by atoms with Crippen molar-refractivity contribution in [1.82, 2.24) is 0 Å². The number of methoxy groups -OCH3 is 2. The molecule has 0 aliphatic rings. The predicted molar refractivity (Wildman–Crippen MR) is 60.4 cm³/mol. The molecule has 0 aromatic heterocycles. The molecule has 0 unspecified atom stereocenters. The highest BCUT2D eigenvalue weighted by molar-refractivity contribution is 5.68. The maximum Gasteiger partial charge on any atom is 0.305 e. The van der Waals surface area contributed by atoms with Gasteiger partial charge in [0, 0.05) is 6.04 Å². The van der Waals surface area contributed by atoms with Crippen molar-refractivity contribution in [3.8, 4) is 17.2 Å². The van der Waals surface area contributed by atoms with Gasteiger partial charge in [-0.15, -0.1) is 0 Å². The summed E-state index contributed by atoms with van der Waals surface area (Å²) in [4.78, 5) is 10.6. The molecule has 1 rings (SSSR count). The molecular weight excluding hydrogens is 226 g/mol. The van der Waals surface area contributed by atoms with Crippen molar-refractivity contribution < 1.29 is 24.5 Å². The number of carbonyl (C=O) groups is 1. The zero-order valence-corrected chi connectivity index (χ0v) is 9.64. The summed E-state index contributed by atoms with van der Waals surface area (Å²) >= 11 is 0. The van der Waals surface area contributed by atoms with Crippen LogP contribution in [0.5, 0.6) is 17.2 Å². The Balaban J connectivity index is 3.12. The Labute approximate surface area is 98.6 Å². The number of phenols is 1. The molecule has 0 spiro atoms. The van der Waals surface area contributed by atoms with Crippen LogP contribution in [0.15, 0.2) is 12.1 Å². The number of carboxylic acids is 1. The third kappa shape index (κ3) is 3.01. The van der Waals surface area contributed by atoms with E-state index in [-0.39, 0.29) is 23.7 Å². The fourth-order valence-electron chi connectivity index (χ4n) is 1.43. The minimum absolute atomic E-state index is 0.138. The first-order valence-corrected chi connectivity index (χ1v) is 4.91. The average molecular weight is 241 g/mol. The molecule has 0 bridgehead atoms. The zero-order chi connectivity index (χ0) is 13.0. The lowest BCUT2D eigenvalue weighted by atomic mass is 10.0. The van der Waals surface area contributed by atoms with Gasteiger partial charge in [0.2, 0.25) is 5.75 Å². The van der Waals surface area contributed by atoms with E-state index >= 15 is 0 Å². The van der Waals surface area contributed by atoms with E-state index in [4.69, 9.17) is 20.3 Å². The molecular formula is C11H15NO5. The summed E-state index contributed by atoms with van der Waals surface area (Å²) in [7, 11) is 2.78. The van der Waals surface area contributed by atoms with Crippen molar-refractivity contribution in [2.45, 2.75) is 12.5 Å². The molecule has 0 amide bonds. The molecule has 6 nitrogen and oxygen atoms in total. The largest absolute Gasteiger partial charge is 0.502 e. The quantitative estimate of drug-likeness (QED) is 0.707. The molecule has 1 aromatic carbocycles. The van der Waals surface area contributed by atoms with Gasteiger partial charge in [-0.3, -0.25) is 4.79 Å². The summed E-state index contributed by atoms with van der Waals surface area (Å²) in [6.45, 7) is 0. The maximum atomic E-state index is 10.6. The van der Waals surface area contributed by atoms with Gasteiger partial charge in [-0.25, -0.2) is 0 Å². The van der Waals surface area contributed by atoms with Crippen LogP contribution in [0.4, 0.5) is 0 Å². The summed E-state index contributed by atoms with van der Waals surface area (Å²) in [5, 5.41) is 18.3. The van der Waals surface area contributed by atoms with Gasteiger partial charge in [0.15, 0.2) is 11.5 Å². The van der Waals surface area contributed by atoms with Crippen LogP contribution in [0.25, 0.3) is 0 Å². The first-order valence-electron chi connectivity index (χ1n) is 4.91. The lowest BCUT2D eigenvalue weighted by molar-refractivity contribution is -0.137. The second kappa shape index (κ2) is 5.40. The number of aliphatic carboxylic acids is 1. The minimum atomic E-state index is -0.997. The van der Waals surface area contributed by atoms with E-state index < -0.39 is 12.0 Å². The van der Waals surface area contributed by atoms with Gasteiger partial charge in [0.1, 0.15) is 0 Å². The van der Waals surface area contributed by atoms with Crippen LogP contribution < -0.4 is 15.2 Å². The number of aromatic hydroxyl groups is 1. The van der Waals surface area contributed by atoms with E-state index in [1.54, 1.807) is 0 Å². The fraction of sp³-hybridized carbons (Fsp3) is 0.364. The van der Waals surface area contributed by atoms with Crippen LogP contribution in [-0.2, 0) is 4.79 Å². The van der Waals surface area contributed by atoms with Crippen molar-refractivity contribution in [2.75, 3.05) is 14.2 Å². The van der Waals surface area contributed by atoms with Gasteiger partial charge in [0.25, 0.3) is 0 Å². The maximum absolute atomic E-state index is 10.6. The third-order valence-corrected chi connectivity index (χ3v) is 2.32. The molecule has 0 heterocycles. The van der Waals surface area contributed by atoms with E-state index in [1.807, 2.05) is 0 Å². The molecule has 94 valence electrons. The molecule has 0 aliphatic heterocycles. The number of benzene rings is 1. The SMILES string of the molecule is COc1cc([C@@H](N)CC(=O)O)cc(OC)c1O. The Kier molecular flexibility index (Phi) is 4.17. The fourth-order valence-corrected chi connectivity index (χ4v) is 1.43. The summed E-state index contributed by atoms with van der Waals surface area (Å²) in [5.74, 6) is -0.745. The van der Waals surface area contributed by atoms with Crippen LogP contribution in [0.1, 0.15) is 18.0 Å². The second-order valence-corrected chi connectivity index (χ2v) is 3.48. The van der Waals surface area contributed by atoms with Crippen LogP contribution in [0.3, 0.4) is 0 Å². The number of hydrogen-bond donors (Lipinski definition) is 3. The molecule has 0 aliphatic carbocycles. The Hall–Kier alpha value is -1.95. The number of nitrogens with two attached hydrogens (primary N) is 1. The first-order chi connectivity index (χ1) is 7.99. The Morgan fingerprint density at radius 2 is 1.82 bits per heavy atom. The van der Waals surface area contributed by atoms with Gasteiger partial charge in [-0.05, 0) is 17.7 Å². The van der Waals surface area contributed by atoms with Gasteiger partial charge in [-0.1, -0.05) is 0 Å². The van der Waals surface area contributed by atoms with Crippen LogP contribution >= 0.6 is 0 Å². The van der Waals surface area contributed by atoms with E-state index in [0.717, 1.165) is 0 Å². The Morgan fingerprint density at radius 3 is 2.18 bits per heavy atom. The van der Waals surface area contributed by atoms with Gasteiger partial charge >= 0.3 is 5.97 Å². The van der Waals surface area contributed by atoms with Crippen molar-refractivity contribution >= 4 is 5.97 Å². The highest BCUT2D eigenvalue weighted by Gasteiger charge is 2.17.